The summed E-state index contributed by atoms with van der Waals surface area (Å²) in [6, 6.07) is 0. The Hall–Kier alpha value is -1.06. The number of hydrogen-bond donors (Lipinski definition) is 1. The summed E-state index contributed by atoms with van der Waals surface area (Å²) in [5.74, 6) is 0.793. The van der Waals surface area contributed by atoms with E-state index >= 15 is 0 Å². The Morgan fingerprint density at radius 3 is 1.65 bits per heavy atom. The molecule has 0 unspecified atom stereocenters. The molecule has 0 saturated carbocycles. The SMILES string of the molecule is CCCCCCCCCCCCCCC1=NC(=N)N=N1. The predicted octanol–water partition coefficient (Wildman–Crippen LogP) is 5.88. The van der Waals surface area contributed by atoms with Crippen molar-refractivity contribution >= 4 is 11.8 Å². The fraction of sp³-hybridized carbons (Fsp3) is 0.875. The van der Waals surface area contributed by atoms with Gasteiger partial charge in [-0.05, 0) is 6.42 Å². The average molecular weight is 278 g/mol. The minimum absolute atomic E-state index is 0.0546. The van der Waals surface area contributed by atoms with Crippen LogP contribution in [0.2, 0.25) is 0 Å². The van der Waals surface area contributed by atoms with Crippen LogP contribution in [0, 0.1) is 5.41 Å². The Morgan fingerprint density at radius 1 is 0.700 bits per heavy atom. The van der Waals surface area contributed by atoms with Crippen LogP contribution in [0.1, 0.15) is 90.4 Å². The van der Waals surface area contributed by atoms with Crippen molar-refractivity contribution in [3.63, 3.8) is 0 Å². The molecule has 1 aliphatic rings. The number of nitrogens with zero attached hydrogens (tertiary/aromatic N) is 3. The second-order valence-electron chi connectivity index (χ2n) is 5.69. The highest BCUT2D eigenvalue weighted by Gasteiger charge is 2.06. The summed E-state index contributed by atoms with van der Waals surface area (Å²) in [6.07, 6.45) is 17.2. The van der Waals surface area contributed by atoms with E-state index in [1.54, 1.807) is 0 Å². The van der Waals surface area contributed by atoms with E-state index in [0.29, 0.717) is 0 Å². The molecule has 0 aromatic heterocycles. The lowest BCUT2D eigenvalue weighted by Crippen LogP contribution is -1.91. The van der Waals surface area contributed by atoms with Crippen LogP contribution in [-0.2, 0) is 0 Å². The highest BCUT2D eigenvalue weighted by molar-refractivity contribution is 5.99. The van der Waals surface area contributed by atoms with Crippen molar-refractivity contribution in [1.29, 1.82) is 5.41 Å². The largest absolute Gasteiger partial charge is 0.264 e. The van der Waals surface area contributed by atoms with Crippen LogP contribution in [0.3, 0.4) is 0 Å². The number of amidine groups is 1. The number of aliphatic imine (C=N–C) groups is 1. The van der Waals surface area contributed by atoms with E-state index in [-0.39, 0.29) is 5.96 Å². The Balaban J connectivity index is 1.76. The maximum Gasteiger partial charge on any atom is 0.263 e. The van der Waals surface area contributed by atoms with Crippen molar-refractivity contribution in [2.24, 2.45) is 15.2 Å². The Morgan fingerprint density at radius 2 is 1.20 bits per heavy atom. The molecule has 0 bridgehead atoms. The summed E-state index contributed by atoms with van der Waals surface area (Å²) in [4.78, 5) is 3.94. The minimum atomic E-state index is 0.0546. The van der Waals surface area contributed by atoms with Gasteiger partial charge in [0, 0.05) is 6.42 Å². The van der Waals surface area contributed by atoms with E-state index in [4.69, 9.17) is 5.41 Å². The van der Waals surface area contributed by atoms with E-state index in [0.717, 1.165) is 18.7 Å². The molecule has 0 atom stereocenters. The fourth-order valence-corrected chi connectivity index (χ4v) is 2.50. The van der Waals surface area contributed by atoms with Crippen molar-refractivity contribution in [3.8, 4) is 0 Å². The van der Waals surface area contributed by atoms with Gasteiger partial charge in [-0.3, -0.25) is 5.41 Å². The van der Waals surface area contributed by atoms with Gasteiger partial charge >= 0.3 is 0 Å². The van der Waals surface area contributed by atoms with Gasteiger partial charge in [-0.2, -0.15) is 4.99 Å². The van der Waals surface area contributed by atoms with Crippen LogP contribution in [-0.4, -0.2) is 11.8 Å². The molecular weight excluding hydrogens is 248 g/mol. The van der Waals surface area contributed by atoms with Crippen LogP contribution in [0.25, 0.3) is 0 Å². The number of rotatable bonds is 13. The molecule has 4 heteroatoms. The topological polar surface area (TPSA) is 60.9 Å². The molecule has 1 aliphatic heterocycles. The van der Waals surface area contributed by atoms with Crippen molar-refractivity contribution < 1.29 is 0 Å². The van der Waals surface area contributed by atoms with Gasteiger partial charge in [0.2, 0.25) is 0 Å². The molecule has 0 radical (unpaired) electrons. The molecule has 1 rings (SSSR count). The number of hydrogen-bond acceptors (Lipinski definition) is 2. The molecule has 0 aliphatic carbocycles. The first kappa shape index (κ1) is 17.0. The Kier molecular flexibility index (Phi) is 9.98. The van der Waals surface area contributed by atoms with Crippen LogP contribution in [0.15, 0.2) is 15.2 Å². The molecule has 1 N–H and O–H groups in total. The summed E-state index contributed by atoms with van der Waals surface area (Å²) in [5, 5.41) is 14.6. The second-order valence-corrected chi connectivity index (χ2v) is 5.69. The molecule has 114 valence electrons. The van der Waals surface area contributed by atoms with Gasteiger partial charge in [0.25, 0.3) is 5.96 Å². The molecule has 0 aromatic carbocycles. The Labute approximate surface area is 123 Å². The van der Waals surface area contributed by atoms with Crippen molar-refractivity contribution in [2.45, 2.75) is 90.4 Å². The highest BCUT2D eigenvalue weighted by Crippen LogP contribution is 2.13. The normalized spacial score (nSPS) is 14.1. The molecule has 0 fully saturated rings. The maximum absolute atomic E-state index is 7.20. The van der Waals surface area contributed by atoms with Crippen molar-refractivity contribution in [2.75, 3.05) is 0 Å². The molecule has 0 amide bonds. The first-order valence-electron chi connectivity index (χ1n) is 8.41. The van der Waals surface area contributed by atoms with Crippen LogP contribution in [0.4, 0.5) is 0 Å². The van der Waals surface area contributed by atoms with Gasteiger partial charge in [-0.1, -0.05) is 77.6 Å². The lowest BCUT2D eigenvalue weighted by Gasteiger charge is -2.02. The quantitative estimate of drug-likeness (QED) is 0.409. The van der Waals surface area contributed by atoms with Gasteiger partial charge in [0.15, 0.2) is 5.84 Å². The first-order valence-corrected chi connectivity index (χ1v) is 8.41. The fourth-order valence-electron chi connectivity index (χ4n) is 2.50. The van der Waals surface area contributed by atoms with Crippen molar-refractivity contribution in [3.05, 3.63) is 0 Å². The van der Waals surface area contributed by atoms with Crippen LogP contribution in [0.5, 0.6) is 0 Å². The zero-order valence-electron chi connectivity index (χ0n) is 13.0. The molecule has 0 spiro atoms. The molecule has 0 aromatic rings. The number of azo groups is 1. The maximum atomic E-state index is 7.20. The lowest BCUT2D eigenvalue weighted by atomic mass is 10.0. The van der Waals surface area contributed by atoms with Gasteiger partial charge in [0.1, 0.15) is 0 Å². The van der Waals surface area contributed by atoms with Crippen molar-refractivity contribution in [1.82, 2.24) is 0 Å². The predicted molar refractivity (Wildman–Crippen MR) is 85.7 cm³/mol. The third-order valence-corrected chi connectivity index (χ3v) is 3.75. The van der Waals surface area contributed by atoms with Crippen LogP contribution >= 0.6 is 0 Å². The van der Waals surface area contributed by atoms with E-state index in [2.05, 4.69) is 22.1 Å². The van der Waals surface area contributed by atoms with Gasteiger partial charge in [0.05, 0.1) is 0 Å². The van der Waals surface area contributed by atoms with Gasteiger partial charge in [-0.15, -0.1) is 10.2 Å². The third kappa shape index (κ3) is 8.94. The smallest absolute Gasteiger partial charge is 0.263 e. The molecule has 4 nitrogen and oxygen atoms in total. The van der Waals surface area contributed by atoms with E-state index in [9.17, 15) is 0 Å². The second kappa shape index (κ2) is 11.7. The third-order valence-electron chi connectivity index (χ3n) is 3.75. The summed E-state index contributed by atoms with van der Waals surface area (Å²) < 4.78 is 0. The minimum Gasteiger partial charge on any atom is -0.264 e. The van der Waals surface area contributed by atoms with Gasteiger partial charge < -0.3 is 0 Å². The average Bonchev–Trinajstić information content (AvgIpc) is 2.86. The van der Waals surface area contributed by atoms with E-state index in [1.807, 2.05) is 0 Å². The number of unbranched alkanes of at least 4 members (excludes halogenated alkanes) is 11. The summed E-state index contributed by atoms with van der Waals surface area (Å²) in [7, 11) is 0. The zero-order chi connectivity index (χ0) is 14.5. The molecule has 20 heavy (non-hydrogen) atoms. The number of guanidine groups is 1. The molecule has 1 heterocycles. The summed E-state index contributed by atoms with van der Waals surface area (Å²) in [6.45, 7) is 2.27. The zero-order valence-corrected chi connectivity index (χ0v) is 13.0. The van der Waals surface area contributed by atoms with Gasteiger partial charge in [-0.25, -0.2) is 0 Å². The van der Waals surface area contributed by atoms with Crippen LogP contribution < -0.4 is 0 Å². The summed E-state index contributed by atoms with van der Waals surface area (Å²) in [5.41, 5.74) is 0. The molecular formula is C16H30N4. The number of nitrogens with one attached hydrogen (secondary N) is 1. The van der Waals surface area contributed by atoms with E-state index < -0.39 is 0 Å². The molecule has 0 saturated heterocycles. The van der Waals surface area contributed by atoms with E-state index in [1.165, 1.54) is 70.6 Å². The first-order chi connectivity index (χ1) is 9.83. The lowest BCUT2D eigenvalue weighted by molar-refractivity contribution is 0.546. The summed E-state index contributed by atoms with van der Waals surface area (Å²) >= 11 is 0. The Bertz CT molecular complexity index is 320. The highest BCUT2D eigenvalue weighted by atomic mass is 15.3. The standard InChI is InChI=1S/C16H30N4/c1-2-3-4-5-6-7-8-9-10-11-12-13-14-15-18-16(17)20-19-15/h17H,2-14H2,1H3. The monoisotopic (exact) mass is 278 g/mol.